The van der Waals surface area contributed by atoms with E-state index in [9.17, 15) is 22.0 Å². The van der Waals surface area contributed by atoms with Crippen LogP contribution in [0.4, 0.5) is 27.6 Å². The molecule has 1 aromatic rings. The van der Waals surface area contributed by atoms with E-state index in [2.05, 4.69) is 0 Å². The molecule has 1 nitrogen and oxygen atoms in total. The Kier molecular flexibility index (Phi) is 2.89. The Labute approximate surface area is 80.1 Å². The zero-order chi connectivity index (χ0) is 10.9. The lowest BCUT2D eigenvalue weighted by molar-refractivity contribution is -0.0329. The second kappa shape index (κ2) is 3.64. The lowest BCUT2D eigenvalue weighted by atomic mass is 10.3. The minimum absolute atomic E-state index is 0.323. The predicted octanol–water partition coefficient (Wildman–Crippen LogP) is 3.16. The molecule has 0 aliphatic heterocycles. The summed E-state index contributed by atoms with van der Waals surface area (Å²) in [7, 11) is 0. The number of hydrogen-bond acceptors (Lipinski definition) is 2. The Morgan fingerprint density at radius 2 is 1.64 bits per heavy atom. The van der Waals surface area contributed by atoms with Gasteiger partial charge in [0.15, 0.2) is 0 Å². The monoisotopic (exact) mass is 229 g/mol. The fourth-order valence-corrected chi connectivity index (χ4v) is 1.34. The molecule has 0 heterocycles. The summed E-state index contributed by atoms with van der Waals surface area (Å²) < 4.78 is 60.7. The average Bonchev–Trinajstić information content (AvgIpc) is 1.97. The van der Waals surface area contributed by atoms with Crippen LogP contribution in [0.15, 0.2) is 17.0 Å². The fourth-order valence-electron chi connectivity index (χ4n) is 0.748. The van der Waals surface area contributed by atoms with E-state index in [-0.39, 0.29) is 0 Å². The van der Waals surface area contributed by atoms with E-state index in [0.717, 1.165) is 0 Å². The molecular weight excluding hydrogens is 225 g/mol. The van der Waals surface area contributed by atoms with E-state index >= 15 is 0 Å². The van der Waals surface area contributed by atoms with Crippen molar-refractivity contribution in [1.29, 1.82) is 0 Å². The van der Waals surface area contributed by atoms with E-state index in [0.29, 0.717) is 12.1 Å². The first-order valence-corrected chi connectivity index (χ1v) is 4.11. The van der Waals surface area contributed by atoms with Crippen LogP contribution < -0.4 is 5.73 Å². The van der Waals surface area contributed by atoms with E-state index < -0.39 is 39.5 Å². The quantitative estimate of drug-likeness (QED) is 0.454. The molecule has 0 saturated heterocycles. The van der Waals surface area contributed by atoms with Gasteiger partial charge in [0.25, 0.3) is 0 Å². The zero-order valence-corrected chi connectivity index (χ0v) is 7.35. The molecule has 0 aliphatic carbocycles. The molecule has 0 amide bonds. The highest BCUT2D eigenvalue weighted by atomic mass is 32.2. The Balaban J connectivity index is 3.04. The lowest BCUT2D eigenvalue weighted by Crippen LogP contribution is -2.02. The average molecular weight is 229 g/mol. The topological polar surface area (TPSA) is 26.0 Å². The second-order valence-corrected chi connectivity index (χ2v) is 3.46. The SMILES string of the molecule is Nc1cc(SC(F)(F)F)c(F)cc1F. The molecular formula is C7H4F5NS. The molecule has 0 radical (unpaired) electrons. The van der Waals surface area contributed by atoms with Crippen molar-refractivity contribution < 1.29 is 22.0 Å². The molecule has 0 bridgehead atoms. The molecule has 7 heteroatoms. The van der Waals surface area contributed by atoms with Crippen LogP contribution in [0.5, 0.6) is 0 Å². The van der Waals surface area contributed by atoms with Gasteiger partial charge in [0, 0.05) is 6.07 Å². The van der Waals surface area contributed by atoms with E-state index in [1.165, 1.54) is 0 Å². The van der Waals surface area contributed by atoms with Crippen LogP contribution in [0.1, 0.15) is 0 Å². The summed E-state index contributed by atoms with van der Waals surface area (Å²) >= 11 is -0.671. The lowest BCUT2D eigenvalue weighted by Gasteiger charge is -2.07. The number of alkyl halides is 3. The molecule has 0 aliphatic rings. The first kappa shape index (κ1) is 11.1. The number of halogens is 5. The summed E-state index contributed by atoms with van der Waals surface area (Å²) in [6.07, 6.45) is 0. The zero-order valence-electron chi connectivity index (χ0n) is 6.53. The predicted molar refractivity (Wildman–Crippen MR) is 42.7 cm³/mol. The third-order valence-corrected chi connectivity index (χ3v) is 2.04. The molecule has 0 unspecified atom stereocenters. The highest BCUT2D eigenvalue weighted by molar-refractivity contribution is 8.00. The third kappa shape index (κ3) is 2.76. The van der Waals surface area contributed by atoms with Gasteiger partial charge in [-0.25, -0.2) is 8.78 Å². The van der Waals surface area contributed by atoms with Crippen LogP contribution in [0.25, 0.3) is 0 Å². The van der Waals surface area contributed by atoms with Crippen molar-refractivity contribution in [3.8, 4) is 0 Å². The summed E-state index contributed by atoms with van der Waals surface area (Å²) in [5, 5.41) is 0. The Bertz CT molecular complexity index is 349. The van der Waals surface area contributed by atoms with Gasteiger partial charge < -0.3 is 5.73 Å². The van der Waals surface area contributed by atoms with Crippen LogP contribution in [-0.4, -0.2) is 5.51 Å². The smallest absolute Gasteiger partial charge is 0.396 e. The molecule has 0 spiro atoms. The highest BCUT2D eigenvalue weighted by Crippen LogP contribution is 2.39. The first-order chi connectivity index (χ1) is 6.29. The molecule has 78 valence electrons. The number of nitrogen functional groups attached to an aromatic ring is 1. The fraction of sp³-hybridized carbons (Fsp3) is 0.143. The van der Waals surface area contributed by atoms with Gasteiger partial charge in [0.1, 0.15) is 11.6 Å². The maximum absolute atomic E-state index is 12.7. The van der Waals surface area contributed by atoms with Crippen LogP contribution in [0.3, 0.4) is 0 Å². The van der Waals surface area contributed by atoms with Crippen LogP contribution in [0, 0.1) is 11.6 Å². The minimum atomic E-state index is -4.62. The minimum Gasteiger partial charge on any atom is -0.396 e. The molecule has 0 saturated carbocycles. The number of rotatable bonds is 1. The standard InChI is InChI=1S/C7H4F5NS/c8-3-1-4(9)6(2-5(3)13)14-7(10,11)12/h1-2H,13H2. The van der Waals surface area contributed by atoms with Gasteiger partial charge in [0.2, 0.25) is 0 Å². The Morgan fingerprint density at radius 3 is 2.14 bits per heavy atom. The van der Waals surface area contributed by atoms with Crippen molar-refractivity contribution in [1.82, 2.24) is 0 Å². The summed E-state index contributed by atoms with van der Waals surface area (Å²) in [6.45, 7) is 0. The van der Waals surface area contributed by atoms with Crippen LogP contribution in [0.2, 0.25) is 0 Å². The second-order valence-electron chi connectivity index (χ2n) is 2.35. The number of thioether (sulfide) groups is 1. The summed E-state index contributed by atoms with van der Waals surface area (Å²) in [5.74, 6) is -2.35. The van der Waals surface area contributed by atoms with Gasteiger partial charge in [-0.15, -0.1) is 0 Å². The van der Waals surface area contributed by atoms with E-state index in [4.69, 9.17) is 5.73 Å². The van der Waals surface area contributed by atoms with Crippen LogP contribution in [-0.2, 0) is 0 Å². The van der Waals surface area contributed by atoms with Crippen molar-refractivity contribution in [3.63, 3.8) is 0 Å². The Hall–Kier alpha value is -0.980. The molecule has 1 rings (SSSR count). The number of nitrogens with two attached hydrogens (primary N) is 1. The van der Waals surface area contributed by atoms with E-state index in [1.807, 2.05) is 0 Å². The normalized spacial score (nSPS) is 11.8. The number of benzene rings is 1. The Morgan fingerprint density at radius 1 is 1.07 bits per heavy atom. The third-order valence-electron chi connectivity index (χ3n) is 1.28. The maximum Gasteiger partial charge on any atom is 0.446 e. The molecule has 2 N–H and O–H groups in total. The van der Waals surface area contributed by atoms with Gasteiger partial charge in [-0.05, 0) is 17.8 Å². The molecule has 0 atom stereocenters. The van der Waals surface area contributed by atoms with Gasteiger partial charge in [-0.2, -0.15) is 13.2 Å². The van der Waals surface area contributed by atoms with Crippen molar-refractivity contribution in [3.05, 3.63) is 23.8 Å². The van der Waals surface area contributed by atoms with Crippen LogP contribution >= 0.6 is 11.8 Å². The number of anilines is 1. The molecule has 0 fully saturated rings. The van der Waals surface area contributed by atoms with E-state index in [1.54, 1.807) is 0 Å². The van der Waals surface area contributed by atoms with Gasteiger partial charge in [-0.3, -0.25) is 0 Å². The van der Waals surface area contributed by atoms with Crippen molar-refractivity contribution in [2.75, 3.05) is 5.73 Å². The highest BCUT2D eigenvalue weighted by Gasteiger charge is 2.31. The molecule has 1 aromatic carbocycles. The van der Waals surface area contributed by atoms with Crippen molar-refractivity contribution in [2.24, 2.45) is 0 Å². The number of hydrogen-bond donors (Lipinski definition) is 1. The molecule has 0 aromatic heterocycles. The van der Waals surface area contributed by atoms with Gasteiger partial charge in [-0.1, -0.05) is 0 Å². The van der Waals surface area contributed by atoms with Gasteiger partial charge in [0.05, 0.1) is 10.6 Å². The molecule has 14 heavy (non-hydrogen) atoms. The van der Waals surface area contributed by atoms with Crippen molar-refractivity contribution >= 4 is 17.4 Å². The summed E-state index contributed by atoms with van der Waals surface area (Å²) in [6, 6.07) is 0.937. The summed E-state index contributed by atoms with van der Waals surface area (Å²) in [5.41, 5.74) is -0.150. The summed E-state index contributed by atoms with van der Waals surface area (Å²) in [4.78, 5) is -0.739. The van der Waals surface area contributed by atoms with Gasteiger partial charge >= 0.3 is 5.51 Å². The maximum atomic E-state index is 12.7. The largest absolute Gasteiger partial charge is 0.446 e. The van der Waals surface area contributed by atoms with Crippen molar-refractivity contribution in [2.45, 2.75) is 10.4 Å². The first-order valence-electron chi connectivity index (χ1n) is 3.30.